The van der Waals surface area contributed by atoms with Crippen LogP contribution in [0.1, 0.15) is 20.2 Å². The topological polar surface area (TPSA) is 122 Å². The number of nitrogens with two attached hydrogens (primary N) is 1. The normalized spacial score (nSPS) is 11.5. The summed E-state index contributed by atoms with van der Waals surface area (Å²) < 4.78 is 26.8. The highest BCUT2D eigenvalue weighted by Gasteiger charge is 2.22. The van der Waals surface area contributed by atoms with E-state index in [1.54, 1.807) is 6.20 Å². The number of anilines is 1. The molecule has 0 spiro atoms. The summed E-state index contributed by atoms with van der Waals surface area (Å²) in [6.45, 7) is 1.85. The van der Waals surface area contributed by atoms with Crippen LogP contribution < -0.4 is 10.5 Å². The number of nitrogen functional groups attached to an aromatic ring is 1. The van der Waals surface area contributed by atoms with Crippen molar-refractivity contribution in [1.82, 2.24) is 9.71 Å². The fourth-order valence-electron chi connectivity index (χ4n) is 1.66. The van der Waals surface area contributed by atoms with E-state index in [9.17, 15) is 13.2 Å². The highest BCUT2D eigenvalue weighted by Crippen LogP contribution is 2.20. The summed E-state index contributed by atoms with van der Waals surface area (Å²) in [4.78, 5) is 15.8. The van der Waals surface area contributed by atoms with Gasteiger partial charge in [-0.15, -0.1) is 11.3 Å². The molecule has 21 heavy (non-hydrogen) atoms. The number of carbonyl (C=O) groups is 1. The Labute approximate surface area is 125 Å². The number of hydrogen-bond donors (Lipinski definition) is 3. The first-order valence-electron chi connectivity index (χ1n) is 5.83. The van der Waals surface area contributed by atoms with Gasteiger partial charge in [0, 0.05) is 16.8 Å². The highest BCUT2D eigenvalue weighted by molar-refractivity contribution is 7.89. The quantitative estimate of drug-likeness (QED) is 0.709. The van der Waals surface area contributed by atoms with Gasteiger partial charge in [-0.05, 0) is 25.1 Å². The zero-order chi connectivity index (χ0) is 15.6. The number of carboxylic acid groups (broad SMARTS) is 1. The summed E-state index contributed by atoms with van der Waals surface area (Å²) in [5.41, 5.74) is 5.38. The van der Waals surface area contributed by atoms with Gasteiger partial charge >= 0.3 is 5.97 Å². The molecule has 0 amide bonds. The van der Waals surface area contributed by atoms with E-state index in [1.807, 2.05) is 6.92 Å². The van der Waals surface area contributed by atoms with E-state index < -0.39 is 16.0 Å². The molecule has 112 valence electrons. The molecule has 0 fully saturated rings. The lowest BCUT2D eigenvalue weighted by Crippen LogP contribution is -2.25. The number of aromatic nitrogens is 1. The lowest BCUT2D eigenvalue weighted by atomic mass is 10.2. The molecular formula is C12H13N3O4S2. The molecule has 1 heterocycles. The summed E-state index contributed by atoms with van der Waals surface area (Å²) in [6, 6.07) is 3.63. The number of benzene rings is 1. The molecule has 0 aliphatic carbocycles. The van der Waals surface area contributed by atoms with Crippen LogP contribution in [0.15, 0.2) is 29.3 Å². The maximum Gasteiger partial charge on any atom is 0.337 e. The summed E-state index contributed by atoms with van der Waals surface area (Å²) in [7, 11) is -3.99. The summed E-state index contributed by atoms with van der Waals surface area (Å²) in [6.07, 6.45) is 1.64. The second-order valence-electron chi connectivity index (χ2n) is 4.25. The van der Waals surface area contributed by atoms with Crippen LogP contribution in [0.25, 0.3) is 0 Å². The highest BCUT2D eigenvalue weighted by atomic mass is 32.2. The molecule has 0 radical (unpaired) electrons. The number of carboxylic acids is 1. The predicted octanol–water partition coefficient (Wildman–Crippen LogP) is 1.21. The zero-order valence-corrected chi connectivity index (χ0v) is 12.7. The van der Waals surface area contributed by atoms with Gasteiger partial charge < -0.3 is 10.8 Å². The molecule has 0 saturated heterocycles. The van der Waals surface area contributed by atoms with Crippen molar-refractivity contribution in [3.63, 3.8) is 0 Å². The molecule has 7 nitrogen and oxygen atoms in total. The molecule has 0 aliphatic rings. The predicted molar refractivity (Wildman–Crippen MR) is 78.7 cm³/mol. The van der Waals surface area contributed by atoms with Crippen molar-refractivity contribution >= 4 is 33.0 Å². The van der Waals surface area contributed by atoms with Gasteiger partial charge in [0.2, 0.25) is 10.0 Å². The number of rotatable bonds is 5. The first-order valence-corrected chi connectivity index (χ1v) is 8.13. The van der Waals surface area contributed by atoms with Gasteiger partial charge in [0.15, 0.2) is 0 Å². The minimum absolute atomic E-state index is 0.00526. The van der Waals surface area contributed by atoms with Crippen LogP contribution in [-0.2, 0) is 16.6 Å². The number of thiazole rings is 1. The number of nitrogens with zero attached hydrogens (tertiary/aromatic N) is 1. The number of aryl methyl sites for hydroxylation is 1. The molecule has 0 atom stereocenters. The average molecular weight is 327 g/mol. The van der Waals surface area contributed by atoms with Crippen molar-refractivity contribution in [2.75, 3.05) is 5.73 Å². The Morgan fingerprint density at radius 1 is 1.48 bits per heavy atom. The summed E-state index contributed by atoms with van der Waals surface area (Å²) >= 11 is 1.36. The Bertz CT molecular complexity index is 784. The Kier molecular flexibility index (Phi) is 4.26. The third kappa shape index (κ3) is 3.57. The van der Waals surface area contributed by atoms with Crippen molar-refractivity contribution in [1.29, 1.82) is 0 Å². The third-order valence-corrected chi connectivity index (χ3v) is 4.96. The molecule has 1 aromatic heterocycles. The van der Waals surface area contributed by atoms with Gasteiger partial charge in [0.05, 0.1) is 17.0 Å². The molecule has 1 aromatic carbocycles. The van der Waals surface area contributed by atoms with E-state index in [4.69, 9.17) is 10.8 Å². The Hall–Kier alpha value is -1.97. The summed E-state index contributed by atoms with van der Waals surface area (Å²) in [5.74, 6) is -1.33. The van der Waals surface area contributed by atoms with Crippen LogP contribution in [0.3, 0.4) is 0 Å². The third-order valence-electron chi connectivity index (χ3n) is 2.61. The standard InChI is InChI=1S/C12H13N3O4S2/c1-7-5-14-11(20-7)6-15-21(18,19)10-4-8(13)2-3-9(10)12(16)17/h2-5,15H,6,13H2,1H3,(H,16,17). The van der Waals surface area contributed by atoms with Crippen molar-refractivity contribution in [3.05, 3.63) is 39.8 Å². The van der Waals surface area contributed by atoms with Crippen LogP contribution >= 0.6 is 11.3 Å². The molecule has 0 bridgehead atoms. The van der Waals surface area contributed by atoms with Crippen molar-refractivity contribution in [2.45, 2.75) is 18.4 Å². The molecular weight excluding hydrogens is 314 g/mol. The number of nitrogens with one attached hydrogen (secondary N) is 1. The van der Waals surface area contributed by atoms with E-state index >= 15 is 0 Å². The largest absolute Gasteiger partial charge is 0.478 e. The average Bonchev–Trinajstić information content (AvgIpc) is 2.82. The van der Waals surface area contributed by atoms with Gasteiger partial charge in [0.1, 0.15) is 5.01 Å². The number of sulfonamides is 1. The Balaban J connectivity index is 2.31. The van der Waals surface area contributed by atoms with E-state index in [2.05, 4.69) is 9.71 Å². The van der Waals surface area contributed by atoms with Crippen LogP contribution in [0.4, 0.5) is 5.69 Å². The first-order chi connectivity index (χ1) is 9.79. The number of hydrogen-bond acceptors (Lipinski definition) is 6. The minimum Gasteiger partial charge on any atom is -0.478 e. The lowest BCUT2D eigenvalue weighted by Gasteiger charge is -2.09. The van der Waals surface area contributed by atoms with Crippen LogP contribution in [0.2, 0.25) is 0 Å². The molecule has 0 saturated carbocycles. The van der Waals surface area contributed by atoms with E-state index in [0.29, 0.717) is 5.01 Å². The van der Waals surface area contributed by atoms with E-state index in [1.165, 1.54) is 23.5 Å². The Morgan fingerprint density at radius 3 is 2.76 bits per heavy atom. The molecule has 2 aromatic rings. The fourth-order valence-corrected chi connectivity index (χ4v) is 3.69. The smallest absolute Gasteiger partial charge is 0.337 e. The number of aromatic carboxylic acids is 1. The molecule has 0 aliphatic heterocycles. The van der Waals surface area contributed by atoms with E-state index in [0.717, 1.165) is 10.9 Å². The monoisotopic (exact) mass is 327 g/mol. The van der Waals surface area contributed by atoms with Crippen molar-refractivity contribution < 1.29 is 18.3 Å². The van der Waals surface area contributed by atoms with Crippen molar-refractivity contribution in [2.24, 2.45) is 0 Å². The molecule has 4 N–H and O–H groups in total. The first kappa shape index (κ1) is 15.4. The van der Waals surface area contributed by atoms with E-state index in [-0.39, 0.29) is 22.7 Å². The second-order valence-corrected chi connectivity index (χ2v) is 7.30. The summed E-state index contributed by atoms with van der Waals surface area (Å²) in [5, 5.41) is 9.66. The zero-order valence-electron chi connectivity index (χ0n) is 11.0. The van der Waals surface area contributed by atoms with Crippen LogP contribution in [0.5, 0.6) is 0 Å². The van der Waals surface area contributed by atoms with Gasteiger partial charge in [-0.1, -0.05) is 0 Å². The maximum atomic E-state index is 12.2. The van der Waals surface area contributed by atoms with Crippen LogP contribution in [-0.4, -0.2) is 24.5 Å². The van der Waals surface area contributed by atoms with Gasteiger partial charge in [0.25, 0.3) is 0 Å². The van der Waals surface area contributed by atoms with Gasteiger partial charge in [-0.2, -0.15) is 0 Å². The lowest BCUT2D eigenvalue weighted by molar-refractivity contribution is 0.0692. The minimum atomic E-state index is -3.99. The van der Waals surface area contributed by atoms with Crippen LogP contribution in [0, 0.1) is 6.92 Å². The second kappa shape index (κ2) is 5.80. The SMILES string of the molecule is Cc1cnc(CNS(=O)(=O)c2cc(N)ccc2C(=O)O)s1. The molecule has 2 rings (SSSR count). The Morgan fingerprint density at radius 2 is 2.19 bits per heavy atom. The maximum absolute atomic E-state index is 12.2. The fraction of sp³-hybridized carbons (Fsp3) is 0.167. The van der Waals surface area contributed by atoms with Gasteiger partial charge in [-0.3, -0.25) is 0 Å². The van der Waals surface area contributed by atoms with Crippen molar-refractivity contribution in [3.8, 4) is 0 Å². The molecule has 9 heteroatoms. The molecule has 0 unspecified atom stereocenters. The van der Waals surface area contributed by atoms with Gasteiger partial charge in [-0.25, -0.2) is 22.9 Å².